The van der Waals surface area contributed by atoms with Gasteiger partial charge in [0, 0.05) is 24.9 Å². The molecule has 0 aromatic carbocycles. The van der Waals surface area contributed by atoms with Crippen molar-refractivity contribution in [3.8, 4) is 0 Å². The summed E-state index contributed by atoms with van der Waals surface area (Å²) >= 11 is 5.00. The molecule has 10 heteroatoms. The molecule has 0 radical (unpaired) electrons. The van der Waals surface area contributed by atoms with Gasteiger partial charge in [-0.1, -0.05) is 70.4 Å². The number of aliphatic hydroxyl groups is 2. The van der Waals surface area contributed by atoms with Crippen LogP contribution in [0.25, 0.3) is 0 Å². The molecule has 1 heterocycles. The zero-order valence-electron chi connectivity index (χ0n) is 22.3. The van der Waals surface area contributed by atoms with Gasteiger partial charge in [-0.2, -0.15) is 0 Å². The SMILES string of the molecule is CC=CCCCCC(CCCCCCCCC)C1=NCCN1CCO.O=S(=O)([O-])CC(O)CCl.[Na+]. The van der Waals surface area contributed by atoms with Crippen molar-refractivity contribution >= 4 is 27.6 Å². The number of nitrogens with zero attached hydrogens (tertiary/aromatic N) is 2. The van der Waals surface area contributed by atoms with Crippen molar-refractivity contribution in [1.29, 1.82) is 0 Å². The van der Waals surface area contributed by atoms with Crippen molar-refractivity contribution in [2.24, 2.45) is 10.9 Å². The first-order valence-corrected chi connectivity index (χ1v) is 15.1. The Balaban J connectivity index is 0. The van der Waals surface area contributed by atoms with E-state index in [2.05, 4.69) is 30.9 Å². The number of halogens is 1. The zero-order chi connectivity index (χ0) is 25.7. The first-order chi connectivity index (χ1) is 16.3. The molecule has 0 amide bonds. The second kappa shape index (κ2) is 24.7. The van der Waals surface area contributed by atoms with Crippen LogP contribution < -0.4 is 29.6 Å². The fourth-order valence-corrected chi connectivity index (χ4v) is 4.91. The number of hydrogen-bond acceptors (Lipinski definition) is 7. The van der Waals surface area contributed by atoms with Gasteiger partial charge in [0.15, 0.2) is 0 Å². The van der Waals surface area contributed by atoms with E-state index in [0.717, 1.165) is 19.6 Å². The van der Waals surface area contributed by atoms with Crippen LogP contribution in [0.1, 0.15) is 90.9 Å². The third kappa shape index (κ3) is 22.1. The number of aliphatic hydroxyl groups excluding tert-OH is 2. The number of rotatable bonds is 19. The second-order valence-electron chi connectivity index (χ2n) is 8.94. The Morgan fingerprint density at radius 2 is 1.71 bits per heavy atom. The van der Waals surface area contributed by atoms with Crippen molar-refractivity contribution < 1.29 is 52.7 Å². The van der Waals surface area contributed by atoms with E-state index in [1.165, 1.54) is 82.9 Å². The van der Waals surface area contributed by atoms with Gasteiger partial charge >= 0.3 is 29.6 Å². The van der Waals surface area contributed by atoms with Crippen LogP contribution in [0.2, 0.25) is 0 Å². The average molecular weight is 547 g/mol. The van der Waals surface area contributed by atoms with Gasteiger partial charge in [-0.05, 0) is 32.6 Å². The largest absolute Gasteiger partial charge is 1.00 e. The Bertz CT molecular complexity index is 650. The summed E-state index contributed by atoms with van der Waals surface area (Å²) < 4.78 is 29.5. The molecule has 0 saturated heterocycles. The Labute approximate surface area is 241 Å². The van der Waals surface area contributed by atoms with E-state index in [4.69, 9.17) is 21.7 Å². The summed E-state index contributed by atoms with van der Waals surface area (Å²) in [5, 5.41) is 17.8. The smallest absolute Gasteiger partial charge is 0.748 e. The number of alkyl halides is 1. The molecule has 7 nitrogen and oxygen atoms in total. The minimum atomic E-state index is -4.32. The summed E-state index contributed by atoms with van der Waals surface area (Å²) in [4.78, 5) is 7.14. The van der Waals surface area contributed by atoms with Gasteiger partial charge < -0.3 is 19.7 Å². The number of unbranched alkanes of at least 4 members (excludes halogenated alkanes) is 8. The molecule has 0 aliphatic carbocycles. The summed E-state index contributed by atoms with van der Waals surface area (Å²) in [6, 6.07) is 0. The molecule has 1 aliphatic heterocycles. The van der Waals surface area contributed by atoms with Gasteiger partial charge in [-0.15, -0.1) is 11.6 Å². The molecule has 0 fully saturated rings. The van der Waals surface area contributed by atoms with Crippen molar-refractivity contribution in [1.82, 2.24) is 4.90 Å². The minimum absolute atomic E-state index is 0. The number of hydrogen-bond donors (Lipinski definition) is 2. The van der Waals surface area contributed by atoms with Crippen molar-refractivity contribution in [2.75, 3.05) is 37.9 Å². The molecule has 0 aromatic heterocycles. The summed E-state index contributed by atoms with van der Waals surface area (Å²) in [6.07, 6.45) is 19.1. The van der Waals surface area contributed by atoms with Crippen LogP contribution in [0, 0.1) is 5.92 Å². The molecule has 1 aliphatic rings. The third-order valence-electron chi connectivity index (χ3n) is 5.84. The molecule has 2 atom stereocenters. The molecular formula is C25H48ClN2NaO5S. The zero-order valence-corrected chi connectivity index (χ0v) is 25.9. The maximum atomic E-state index is 9.83. The molecule has 2 N–H and O–H groups in total. The van der Waals surface area contributed by atoms with E-state index in [1.807, 2.05) is 0 Å². The summed E-state index contributed by atoms with van der Waals surface area (Å²) in [7, 11) is -4.32. The second-order valence-corrected chi connectivity index (χ2v) is 10.7. The Kier molecular flexibility index (Phi) is 26.4. The summed E-state index contributed by atoms with van der Waals surface area (Å²) in [5.74, 6) is 0.860. The molecule has 1 rings (SSSR count). The normalized spacial score (nSPS) is 15.4. The van der Waals surface area contributed by atoms with Crippen LogP contribution in [0.3, 0.4) is 0 Å². The predicted molar refractivity (Wildman–Crippen MR) is 142 cm³/mol. The van der Waals surface area contributed by atoms with Crippen molar-refractivity contribution in [3.63, 3.8) is 0 Å². The third-order valence-corrected chi connectivity index (χ3v) is 6.99. The Morgan fingerprint density at radius 3 is 2.23 bits per heavy atom. The summed E-state index contributed by atoms with van der Waals surface area (Å²) in [6.45, 7) is 7.30. The minimum Gasteiger partial charge on any atom is -0.748 e. The average Bonchev–Trinajstić information content (AvgIpc) is 3.24. The van der Waals surface area contributed by atoms with Crippen LogP contribution in [-0.4, -0.2) is 77.9 Å². The van der Waals surface area contributed by atoms with Crippen molar-refractivity contribution in [2.45, 2.75) is 97.0 Å². The molecule has 0 spiro atoms. The van der Waals surface area contributed by atoms with Crippen LogP contribution in [0.4, 0.5) is 0 Å². The standard InChI is InChI=1S/C22H42N2O.C3H7ClO4S.Na/c1-3-5-7-9-10-12-14-16-21(15-13-11-8-6-4-2)22-23-17-18-24(22)19-20-25;4-1-3(5)2-9(6,7)8;/h4,6,21,25H,3,5,7-20H2,1-2H3;3,5H,1-2H2,(H,6,7,8);/q;;+1/p-1. The first kappa shape index (κ1) is 37.5. The monoisotopic (exact) mass is 546 g/mol. The molecule has 0 bridgehead atoms. The number of β-amino-alcohol motifs (C(OH)–C–C–N with tert-alkyl or cyclic N) is 1. The Morgan fingerprint density at radius 1 is 1.11 bits per heavy atom. The van der Waals surface area contributed by atoms with Crippen LogP contribution in [-0.2, 0) is 10.1 Å². The molecule has 202 valence electrons. The molecule has 0 aromatic rings. The van der Waals surface area contributed by atoms with Gasteiger partial charge in [0.2, 0.25) is 0 Å². The predicted octanol–water partition coefficient (Wildman–Crippen LogP) is 1.72. The van der Waals surface area contributed by atoms with Gasteiger partial charge in [-0.3, -0.25) is 4.99 Å². The Hall–Kier alpha value is 0.330. The van der Waals surface area contributed by atoms with Gasteiger partial charge in [-0.25, -0.2) is 8.42 Å². The topological polar surface area (TPSA) is 113 Å². The van der Waals surface area contributed by atoms with E-state index >= 15 is 0 Å². The van der Waals surface area contributed by atoms with Gasteiger partial charge in [0.1, 0.15) is 5.84 Å². The summed E-state index contributed by atoms with van der Waals surface area (Å²) in [5.41, 5.74) is 0. The van der Waals surface area contributed by atoms with E-state index in [-0.39, 0.29) is 42.0 Å². The maximum Gasteiger partial charge on any atom is 1.00 e. The van der Waals surface area contributed by atoms with E-state index < -0.39 is 22.0 Å². The fraction of sp³-hybridized carbons (Fsp3) is 0.880. The van der Waals surface area contributed by atoms with Crippen LogP contribution in [0.5, 0.6) is 0 Å². The van der Waals surface area contributed by atoms with Gasteiger partial charge in [0.05, 0.1) is 35.1 Å². The van der Waals surface area contributed by atoms with E-state index in [0.29, 0.717) is 5.92 Å². The molecule has 35 heavy (non-hydrogen) atoms. The number of amidine groups is 1. The van der Waals surface area contributed by atoms with E-state index in [9.17, 15) is 18.1 Å². The number of allylic oxidation sites excluding steroid dienone is 2. The van der Waals surface area contributed by atoms with Crippen LogP contribution in [0.15, 0.2) is 17.1 Å². The molecular weight excluding hydrogens is 499 g/mol. The molecule has 0 saturated carbocycles. The number of aliphatic imine (C=N–C) groups is 1. The van der Waals surface area contributed by atoms with Gasteiger partial charge in [0.25, 0.3) is 0 Å². The fourth-order valence-electron chi connectivity index (χ4n) is 4.08. The quantitative estimate of drug-likeness (QED) is 0.0838. The molecule has 2 unspecified atom stereocenters. The van der Waals surface area contributed by atoms with E-state index in [1.54, 1.807) is 0 Å². The van der Waals surface area contributed by atoms with Crippen molar-refractivity contribution in [3.05, 3.63) is 12.2 Å². The maximum absolute atomic E-state index is 9.83. The van der Waals surface area contributed by atoms with Crippen LogP contribution >= 0.6 is 11.6 Å². The first-order valence-electron chi connectivity index (χ1n) is 13.0.